The molecule has 0 bridgehead atoms. The fourth-order valence-corrected chi connectivity index (χ4v) is 4.80. The van der Waals surface area contributed by atoms with Crippen LogP contribution in [0.4, 0.5) is 11.4 Å². The van der Waals surface area contributed by atoms with E-state index in [0.717, 1.165) is 36.2 Å². The third-order valence-electron chi connectivity index (χ3n) is 5.42. The van der Waals surface area contributed by atoms with E-state index in [0.29, 0.717) is 29.4 Å². The van der Waals surface area contributed by atoms with Gasteiger partial charge < -0.3 is 15.0 Å². The first-order valence-electron chi connectivity index (χ1n) is 10.7. The molecule has 0 radical (unpaired) electrons. The van der Waals surface area contributed by atoms with Gasteiger partial charge in [0.1, 0.15) is 12.3 Å². The second-order valence-electron chi connectivity index (χ2n) is 7.89. The molecule has 1 heterocycles. The second kappa shape index (κ2) is 10.9. The fraction of sp³-hybridized carbons (Fsp3) is 0.391. The molecule has 1 aliphatic heterocycles. The molecular formula is C23H28ClN3O5S. The molecule has 0 atom stereocenters. The first-order chi connectivity index (χ1) is 15.7. The molecule has 2 aromatic rings. The van der Waals surface area contributed by atoms with E-state index >= 15 is 0 Å². The number of carbonyl (C=O) groups excluding carboxylic acids is 2. The van der Waals surface area contributed by atoms with Crippen molar-refractivity contribution in [3.05, 3.63) is 53.1 Å². The molecule has 8 nitrogen and oxygen atoms in total. The summed E-state index contributed by atoms with van der Waals surface area (Å²) in [6, 6.07) is 11.3. The van der Waals surface area contributed by atoms with E-state index in [1.165, 1.54) is 19.2 Å². The Kier molecular flexibility index (Phi) is 8.20. The quantitative estimate of drug-likeness (QED) is 0.633. The number of para-hydroxylation sites is 1. The number of hydrogen-bond donors (Lipinski definition) is 1. The maximum absolute atomic E-state index is 13.1. The molecule has 1 fully saturated rings. The summed E-state index contributed by atoms with van der Waals surface area (Å²) >= 11 is 6.06. The summed E-state index contributed by atoms with van der Waals surface area (Å²) in [7, 11) is -2.44. The van der Waals surface area contributed by atoms with Crippen molar-refractivity contribution in [1.29, 1.82) is 0 Å². The van der Waals surface area contributed by atoms with E-state index in [1.54, 1.807) is 35.2 Å². The summed E-state index contributed by atoms with van der Waals surface area (Å²) in [6.07, 6.45) is 5.08. The molecule has 2 aromatic carbocycles. The summed E-state index contributed by atoms with van der Waals surface area (Å²) in [4.78, 5) is 27.8. The van der Waals surface area contributed by atoms with E-state index in [9.17, 15) is 18.0 Å². The molecule has 33 heavy (non-hydrogen) atoms. The first kappa shape index (κ1) is 24.9. The molecule has 0 saturated carbocycles. The number of rotatable bonds is 7. The van der Waals surface area contributed by atoms with Gasteiger partial charge in [-0.15, -0.1) is 0 Å². The molecule has 0 spiro atoms. The monoisotopic (exact) mass is 493 g/mol. The molecule has 0 aromatic heterocycles. The van der Waals surface area contributed by atoms with Gasteiger partial charge in [-0.05, 0) is 43.2 Å². The fourth-order valence-electron chi connectivity index (χ4n) is 3.78. The van der Waals surface area contributed by atoms with Crippen molar-refractivity contribution in [1.82, 2.24) is 4.90 Å². The standard InChI is InChI=1S/C23H28ClN3O5S/c1-32-21-12-11-17(24)15-20(21)27(33(2,30)31)16-22(28)25-19-10-6-5-9-18(19)23(29)26-13-7-3-4-8-14-26/h5-6,9-12,15H,3-4,7-8,13-14,16H2,1-2H3,(H,25,28). The number of benzene rings is 2. The van der Waals surface area contributed by atoms with Gasteiger partial charge in [-0.25, -0.2) is 8.42 Å². The predicted molar refractivity (Wildman–Crippen MR) is 130 cm³/mol. The summed E-state index contributed by atoms with van der Waals surface area (Å²) < 4.78 is 31.2. The summed E-state index contributed by atoms with van der Waals surface area (Å²) in [5, 5.41) is 3.00. The van der Waals surface area contributed by atoms with Gasteiger partial charge in [0.05, 0.1) is 30.3 Å². The SMILES string of the molecule is COc1ccc(Cl)cc1N(CC(=O)Nc1ccccc1C(=O)N1CCCCCC1)S(C)(=O)=O. The molecule has 3 rings (SSSR count). The number of nitrogens with one attached hydrogen (secondary N) is 1. The largest absolute Gasteiger partial charge is 0.495 e. The smallest absolute Gasteiger partial charge is 0.255 e. The maximum atomic E-state index is 13.1. The van der Waals surface area contributed by atoms with Crippen molar-refractivity contribution in [3.8, 4) is 5.75 Å². The normalized spacial score (nSPS) is 14.3. The summed E-state index contributed by atoms with van der Waals surface area (Å²) in [6.45, 7) is 0.844. The highest BCUT2D eigenvalue weighted by molar-refractivity contribution is 7.92. The van der Waals surface area contributed by atoms with Crippen LogP contribution < -0.4 is 14.4 Å². The van der Waals surface area contributed by atoms with Crippen molar-refractivity contribution in [3.63, 3.8) is 0 Å². The molecule has 0 aliphatic carbocycles. The van der Waals surface area contributed by atoms with Gasteiger partial charge >= 0.3 is 0 Å². The van der Waals surface area contributed by atoms with E-state index in [2.05, 4.69) is 5.32 Å². The van der Waals surface area contributed by atoms with Gasteiger partial charge in [-0.3, -0.25) is 13.9 Å². The zero-order chi connectivity index (χ0) is 24.0. The van der Waals surface area contributed by atoms with Crippen LogP contribution >= 0.6 is 11.6 Å². The number of halogens is 1. The lowest BCUT2D eigenvalue weighted by atomic mass is 10.1. The van der Waals surface area contributed by atoms with Gasteiger partial charge in [-0.2, -0.15) is 0 Å². The Morgan fingerprint density at radius 2 is 1.76 bits per heavy atom. The third-order valence-corrected chi connectivity index (χ3v) is 6.78. The van der Waals surface area contributed by atoms with Crippen LogP contribution in [-0.4, -0.2) is 58.1 Å². The van der Waals surface area contributed by atoms with Crippen LogP contribution in [0.15, 0.2) is 42.5 Å². The zero-order valence-corrected chi connectivity index (χ0v) is 20.3. The molecule has 1 aliphatic rings. The molecule has 0 unspecified atom stereocenters. The molecule has 1 saturated heterocycles. The average molecular weight is 494 g/mol. The van der Waals surface area contributed by atoms with Crippen molar-refractivity contribution >= 4 is 44.8 Å². The molecular weight excluding hydrogens is 466 g/mol. The van der Waals surface area contributed by atoms with Gasteiger partial charge in [-0.1, -0.05) is 36.6 Å². The van der Waals surface area contributed by atoms with Crippen LogP contribution in [-0.2, 0) is 14.8 Å². The lowest BCUT2D eigenvalue weighted by molar-refractivity contribution is -0.114. The second-order valence-corrected chi connectivity index (χ2v) is 10.2. The van der Waals surface area contributed by atoms with E-state index in [4.69, 9.17) is 16.3 Å². The third kappa shape index (κ3) is 6.39. The number of ether oxygens (including phenoxy) is 1. The lowest BCUT2D eigenvalue weighted by Crippen LogP contribution is -2.38. The van der Waals surface area contributed by atoms with Gasteiger partial charge in [0.15, 0.2) is 0 Å². The van der Waals surface area contributed by atoms with Gasteiger partial charge in [0, 0.05) is 18.1 Å². The number of nitrogens with zero attached hydrogens (tertiary/aromatic N) is 2. The van der Waals surface area contributed by atoms with Crippen molar-refractivity contribution in [2.24, 2.45) is 0 Å². The van der Waals surface area contributed by atoms with Crippen LogP contribution in [0.3, 0.4) is 0 Å². The minimum atomic E-state index is -3.84. The Morgan fingerprint density at radius 3 is 2.39 bits per heavy atom. The molecule has 178 valence electrons. The Bertz CT molecular complexity index is 1110. The Morgan fingerprint density at radius 1 is 1.09 bits per heavy atom. The van der Waals surface area contributed by atoms with E-state index < -0.39 is 22.5 Å². The highest BCUT2D eigenvalue weighted by atomic mass is 35.5. The van der Waals surface area contributed by atoms with Crippen LogP contribution in [0, 0.1) is 0 Å². The highest BCUT2D eigenvalue weighted by Gasteiger charge is 2.26. The number of sulfonamides is 1. The number of amides is 2. The van der Waals surface area contributed by atoms with Crippen LogP contribution in [0.5, 0.6) is 5.75 Å². The van der Waals surface area contributed by atoms with Crippen LogP contribution in [0.1, 0.15) is 36.0 Å². The van der Waals surface area contributed by atoms with Crippen molar-refractivity contribution < 1.29 is 22.7 Å². The van der Waals surface area contributed by atoms with Crippen molar-refractivity contribution in [2.75, 3.05) is 42.6 Å². The summed E-state index contributed by atoms with van der Waals surface area (Å²) in [5.41, 5.74) is 0.860. The van der Waals surface area contributed by atoms with E-state index in [1.807, 2.05) is 0 Å². The molecule has 2 amide bonds. The first-order valence-corrected chi connectivity index (χ1v) is 12.9. The zero-order valence-electron chi connectivity index (χ0n) is 18.7. The highest BCUT2D eigenvalue weighted by Crippen LogP contribution is 2.32. The number of carbonyl (C=O) groups is 2. The Labute approximate surface area is 199 Å². The number of methoxy groups -OCH3 is 1. The maximum Gasteiger partial charge on any atom is 0.255 e. The van der Waals surface area contributed by atoms with Gasteiger partial charge in [0.2, 0.25) is 15.9 Å². The Hall–Kier alpha value is -2.78. The van der Waals surface area contributed by atoms with E-state index in [-0.39, 0.29) is 17.3 Å². The van der Waals surface area contributed by atoms with Gasteiger partial charge in [0.25, 0.3) is 5.91 Å². The molecule has 10 heteroatoms. The lowest BCUT2D eigenvalue weighted by Gasteiger charge is -2.25. The minimum Gasteiger partial charge on any atom is -0.495 e. The van der Waals surface area contributed by atoms with Crippen LogP contribution in [0.2, 0.25) is 5.02 Å². The Balaban J connectivity index is 1.84. The minimum absolute atomic E-state index is 0.149. The number of anilines is 2. The van der Waals surface area contributed by atoms with Crippen molar-refractivity contribution in [2.45, 2.75) is 25.7 Å². The number of likely N-dealkylation sites (tertiary alicyclic amines) is 1. The number of hydrogen-bond acceptors (Lipinski definition) is 5. The average Bonchev–Trinajstić information content (AvgIpc) is 3.06. The van der Waals surface area contributed by atoms with Crippen LogP contribution in [0.25, 0.3) is 0 Å². The molecule has 1 N–H and O–H groups in total. The predicted octanol–water partition coefficient (Wildman–Crippen LogP) is 3.77. The topological polar surface area (TPSA) is 96.0 Å². The summed E-state index contributed by atoms with van der Waals surface area (Å²) in [5.74, 6) is -0.489.